The van der Waals surface area contributed by atoms with Gasteiger partial charge in [-0.25, -0.2) is 0 Å². The van der Waals surface area contributed by atoms with Gasteiger partial charge in [-0.05, 0) is 113 Å². The Balaban J connectivity index is 1.00. The van der Waals surface area contributed by atoms with Crippen molar-refractivity contribution in [3.63, 3.8) is 0 Å². The molecule has 0 atom stereocenters. The van der Waals surface area contributed by atoms with Crippen LogP contribution in [0.25, 0.3) is 103 Å². The minimum absolute atomic E-state index is 0.859. The topological polar surface area (TPSA) is 21.3 Å². The monoisotopic (exact) mass is 848 g/mol. The molecule has 0 saturated carbocycles. The predicted molar refractivity (Wildman–Crippen MR) is 277 cm³/mol. The molecule has 3 nitrogen and oxygen atoms in total. The van der Waals surface area contributed by atoms with E-state index >= 15 is 0 Å². The van der Waals surface area contributed by atoms with Gasteiger partial charge in [0.2, 0.25) is 0 Å². The lowest BCUT2D eigenvalue weighted by Gasteiger charge is -2.28. The molecule has 0 aliphatic heterocycles. The summed E-state index contributed by atoms with van der Waals surface area (Å²) in [5, 5.41) is 7.26. The third-order valence-electron chi connectivity index (χ3n) is 13.1. The van der Waals surface area contributed by atoms with Gasteiger partial charge in [0.05, 0.1) is 22.1 Å². The Morgan fingerprint density at radius 1 is 0.431 bits per heavy atom. The zero-order chi connectivity index (χ0) is 43.0. The summed E-state index contributed by atoms with van der Waals surface area (Å²) in [6.45, 7) is 2.23. The number of thiophene rings is 1. The summed E-state index contributed by atoms with van der Waals surface area (Å²) >= 11 is 1.87. The van der Waals surface area contributed by atoms with E-state index in [1.54, 1.807) is 0 Å². The van der Waals surface area contributed by atoms with Crippen LogP contribution < -0.4 is 4.90 Å². The summed E-state index contributed by atoms with van der Waals surface area (Å²) in [4.78, 5) is 2.43. The second kappa shape index (κ2) is 15.0. The summed E-state index contributed by atoms with van der Waals surface area (Å²) < 4.78 is 12.0. The number of para-hydroxylation sites is 3. The van der Waals surface area contributed by atoms with E-state index < -0.39 is 0 Å². The standard InChI is InChI=1S/C61H40N2OS/c1-39-37-42(40-15-3-2-4-16-40)31-35-53(39)62(44-32-29-41(30-33-44)47-23-14-24-51-50-21-8-12-28-58(50)65-61(47)51)56-36-34-46(60-59(56)52-22-7-11-27-57(52)64-60)43-17-13-18-45(38-43)63-54-25-9-5-19-48(54)49-20-6-10-26-55(49)63/h2-38H,1H3. The van der Waals surface area contributed by atoms with Crippen molar-refractivity contribution >= 4 is 92.3 Å². The average Bonchev–Trinajstić information content (AvgIpc) is 4.05. The zero-order valence-corrected chi connectivity index (χ0v) is 36.4. The summed E-state index contributed by atoms with van der Waals surface area (Å²) in [6.07, 6.45) is 0. The first kappa shape index (κ1) is 37.4. The maximum atomic E-state index is 6.99. The Morgan fingerprint density at radius 3 is 1.85 bits per heavy atom. The summed E-state index contributed by atoms with van der Waals surface area (Å²) in [7, 11) is 0. The molecule has 3 aromatic heterocycles. The molecule has 306 valence electrons. The fourth-order valence-corrected chi connectivity index (χ4v) is 11.4. The van der Waals surface area contributed by atoms with Gasteiger partial charge in [-0.3, -0.25) is 0 Å². The number of benzene rings is 10. The second-order valence-electron chi connectivity index (χ2n) is 16.9. The van der Waals surface area contributed by atoms with Crippen molar-refractivity contribution in [2.24, 2.45) is 0 Å². The molecule has 0 amide bonds. The fourth-order valence-electron chi connectivity index (χ4n) is 10.1. The molecule has 0 saturated heterocycles. The number of furan rings is 1. The first-order valence-electron chi connectivity index (χ1n) is 22.2. The van der Waals surface area contributed by atoms with Gasteiger partial charge in [0.25, 0.3) is 0 Å². The number of rotatable bonds is 7. The molecule has 0 aliphatic carbocycles. The molecule has 3 heterocycles. The van der Waals surface area contributed by atoms with Crippen LogP contribution in [0, 0.1) is 6.92 Å². The lowest BCUT2D eigenvalue weighted by molar-refractivity contribution is 0.670. The molecule has 0 radical (unpaired) electrons. The normalized spacial score (nSPS) is 11.8. The maximum absolute atomic E-state index is 6.99. The van der Waals surface area contributed by atoms with Crippen LogP contribution in [0.3, 0.4) is 0 Å². The Morgan fingerprint density at radius 2 is 1.06 bits per heavy atom. The summed E-state index contributed by atoms with van der Waals surface area (Å²) in [5.74, 6) is 0. The summed E-state index contributed by atoms with van der Waals surface area (Å²) in [6, 6.07) is 81.3. The van der Waals surface area contributed by atoms with Gasteiger partial charge in [0.15, 0.2) is 0 Å². The highest BCUT2D eigenvalue weighted by Gasteiger charge is 2.24. The van der Waals surface area contributed by atoms with Crippen molar-refractivity contribution in [3.8, 4) is 39.1 Å². The molecule has 4 heteroatoms. The molecule has 0 unspecified atom stereocenters. The Hall–Kier alpha value is -8.18. The molecule has 0 spiro atoms. The van der Waals surface area contributed by atoms with Crippen LogP contribution in [0.5, 0.6) is 0 Å². The van der Waals surface area contributed by atoms with Crippen LogP contribution in [-0.2, 0) is 0 Å². The first-order valence-corrected chi connectivity index (χ1v) is 23.0. The SMILES string of the molecule is Cc1cc(-c2ccccc2)ccc1N(c1ccc(-c2cccc3c2sc2ccccc23)cc1)c1ccc(-c2cccc(-n3c4ccccc4c4ccccc43)c2)c2oc3ccccc3c12. The van der Waals surface area contributed by atoms with E-state index in [1.165, 1.54) is 69.8 Å². The van der Waals surface area contributed by atoms with Gasteiger partial charge >= 0.3 is 0 Å². The van der Waals surface area contributed by atoms with Gasteiger partial charge in [-0.1, -0.05) is 152 Å². The molecule has 0 fully saturated rings. The lowest BCUT2D eigenvalue weighted by atomic mass is 9.97. The van der Waals surface area contributed by atoms with Crippen LogP contribution in [-0.4, -0.2) is 4.57 Å². The van der Waals surface area contributed by atoms with Crippen molar-refractivity contribution in [2.45, 2.75) is 6.92 Å². The maximum Gasteiger partial charge on any atom is 0.145 e. The predicted octanol–water partition coefficient (Wildman–Crippen LogP) is 17.8. The van der Waals surface area contributed by atoms with Gasteiger partial charge in [-0.2, -0.15) is 0 Å². The van der Waals surface area contributed by atoms with E-state index in [0.717, 1.165) is 55.8 Å². The van der Waals surface area contributed by atoms with E-state index in [0.29, 0.717) is 0 Å². The molecule has 0 bridgehead atoms. The lowest BCUT2D eigenvalue weighted by Crippen LogP contribution is -2.12. The molecule has 65 heavy (non-hydrogen) atoms. The largest absolute Gasteiger partial charge is 0.455 e. The van der Waals surface area contributed by atoms with Crippen LogP contribution in [0.4, 0.5) is 17.1 Å². The van der Waals surface area contributed by atoms with Crippen molar-refractivity contribution < 1.29 is 4.42 Å². The molecule has 10 aromatic carbocycles. The number of nitrogens with zero attached hydrogens (tertiary/aromatic N) is 2. The van der Waals surface area contributed by atoms with Crippen LogP contribution in [0.1, 0.15) is 5.56 Å². The quantitative estimate of drug-likeness (QED) is 0.159. The molecule has 13 rings (SSSR count). The van der Waals surface area contributed by atoms with Crippen molar-refractivity contribution in [3.05, 3.63) is 230 Å². The molecular formula is C61H40N2OS. The second-order valence-corrected chi connectivity index (χ2v) is 17.9. The Bertz CT molecular complexity index is 3910. The van der Waals surface area contributed by atoms with Crippen molar-refractivity contribution in [1.29, 1.82) is 0 Å². The number of fused-ring (bicyclic) bond motifs is 9. The average molecular weight is 849 g/mol. The van der Waals surface area contributed by atoms with Crippen LogP contribution >= 0.6 is 11.3 Å². The fraction of sp³-hybridized carbons (Fsp3) is 0.0164. The van der Waals surface area contributed by atoms with Crippen molar-refractivity contribution in [2.75, 3.05) is 4.90 Å². The zero-order valence-electron chi connectivity index (χ0n) is 35.6. The molecule has 13 aromatic rings. The highest BCUT2D eigenvalue weighted by molar-refractivity contribution is 7.26. The van der Waals surface area contributed by atoms with E-state index in [2.05, 4.69) is 241 Å². The van der Waals surface area contributed by atoms with Crippen LogP contribution in [0.15, 0.2) is 229 Å². The molecule has 0 aliphatic rings. The number of hydrogen-bond donors (Lipinski definition) is 0. The molecular weight excluding hydrogens is 809 g/mol. The summed E-state index contributed by atoms with van der Waals surface area (Å²) in [5.41, 5.74) is 16.6. The highest BCUT2D eigenvalue weighted by Crippen LogP contribution is 2.48. The first-order chi connectivity index (χ1) is 32.2. The van der Waals surface area contributed by atoms with Crippen LogP contribution in [0.2, 0.25) is 0 Å². The number of anilines is 3. The van der Waals surface area contributed by atoms with Gasteiger partial charge in [-0.15, -0.1) is 11.3 Å². The Labute approximate surface area is 380 Å². The van der Waals surface area contributed by atoms with Gasteiger partial charge in [0, 0.05) is 59.0 Å². The molecule has 0 N–H and O–H groups in total. The van der Waals surface area contributed by atoms with E-state index in [4.69, 9.17) is 4.42 Å². The highest BCUT2D eigenvalue weighted by atomic mass is 32.1. The van der Waals surface area contributed by atoms with Crippen molar-refractivity contribution in [1.82, 2.24) is 4.57 Å². The van der Waals surface area contributed by atoms with Gasteiger partial charge in [0.1, 0.15) is 11.2 Å². The number of aromatic nitrogens is 1. The third-order valence-corrected chi connectivity index (χ3v) is 14.3. The minimum Gasteiger partial charge on any atom is -0.455 e. The van der Waals surface area contributed by atoms with E-state index in [1.807, 2.05) is 11.3 Å². The minimum atomic E-state index is 0.859. The van der Waals surface area contributed by atoms with E-state index in [-0.39, 0.29) is 0 Å². The number of aryl methyl sites for hydroxylation is 1. The van der Waals surface area contributed by atoms with Gasteiger partial charge < -0.3 is 13.9 Å². The third kappa shape index (κ3) is 6.02. The Kier molecular flexibility index (Phi) is 8.62. The smallest absolute Gasteiger partial charge is 0.145 e. The number of hydrogen-bond acceptors (Lipinski definition) is 3. The van der Waals surface area contributed by atoms with E-state index in [9.17, 15) is 0 Å².